The molecule has 0 aliphatic heterocycles. The van der Waals surface area contributed by atoms with Gasteiger partial charge in [-0.3, -0.25) is 9.59 Å². The quantitative estimate of drug-likeness (QED) is 0.403. The Bertz CT molecular complexity index is 387. The Balaban J connectivity index is 2.81. The summed E-state index contributed by atoms with van der Waals surface area (Å²) in [4.78, 5) is 24.2. The molecule has 0 aromatic rings. The maximum absolute atomic E-state index is 11.1. The second-order valence-corrected chi connectivity index (χ2v) is 2.76. The summed E-state index contributed by atoms with van der Waals surface area (Å²) in [7, 11) is 0. The summed E-state index contributed by atoms with van der Waals surface area (Å²) in [6.07, 6.45) is 4.43. The summed E-state index contributed by atoms with van der Waals surface area (Å²) in [6.45, 7) is 0. The van der Waals surface area contributed by atoms with Gasteiger partial charge < -0.3 is 10.6 Å². The minimum Gasteiger partial charge on any atom is -0.481 e. The SMILES string of the molecule is [N-]=[N+]=C1C(=O)C=CC=C1CCC(=O)O. The Morgan fingerprint density at radius 1 is 1.57 bits per heavy atom. The molecular weight excluding hydrogens is 184 g/mol. The van der Waals surface area contributed by atoms with Gasteiger partial charge in [-0.2, -0.15) is 4.79 Å². The molecule has 5 heteroatoms. The molecule has 0 radical (unpaired) electrons. The van der Waals surface area contributed by atoms with Crippen LogP contribution in [0.2, 0.25) is 0 Å². The highest BCUT2D eigenvalue weighted by Crippen LogP contribution is 2.11. The van der Waals surface area contributed by atoms with E-state index in [1.807, 2.05) is 0 Å². The molecule has 14 heavy (non-hydrogen) atoms. The molecular formula is C9H8N2O3. The minimum absolute atomic E-state index is 0.0752. The number of aliphatic carboxylic acids is 1. The van der Waals surface area contributed by atoms with Crippen LogP contribution in [0.3, 0.4) is 0 Å². The van der Waals surface area contributed by atoms with Gasteiger partial charge in [0.15, 0.2) is 0 Å². The second-order valence-electron chi connectivity index (χ2n) is 2.76. The average Bonchev–Trinajstić information content (AvgIpc) is 2.14. The largest absolute Gasteiger partial charge is 0.481 e. The molecule has 0 amide bonds. The van der Waals surface area contributed by atoms with Gasteiger partial charge >= 0.3 is 11.7 Å². The van der Waals surface area contributed by atoms with Gasteiger partial charge in [-0.25, -0.2) is 0 Å². The molecule has 0 bridgehead atoms. The van der Waals surface area contributed by atoms with Crippen molar-refractivity contribution < 1.29 is 19.5 Å². The van der Waals surface area contributed by atoms with E-state index in [4.69, 9.17) is 10.6 Å². The van der Waals surface area contributed by atoms with Crippen LogP contribution in [-0.2, 0) is 9.59 Å². The number of hydrogen-bond acceptors (Lipinski definition) is 2. The highest BCUT2D eigenvalue weighted by Gasteiger charge is 2.25. The van der Waals surface area contributed by atoms with E-state index in [0.717, 1.165) is 0 Å². The van der Waals surface area contributed by atoms with Crippen LogP contribution in [0.4, 0.5) is 0 Å². The van der Waals surface area contributed by atoms with E-state index in [2.05, 4.69) is 4.79 Å². The van der Waals surface area contributed by atoms with Gasteiger partial charge in [0.05, 0.1) is 0 Å². The van der Waals surface area contributed by atoms with Crippen LogP contribution in [-0.4, -0.2) is 27.4 Å². The normalized spacial score (nSPS) is 15.0. The maximum Gasteiger partial charge on any atom is 0.365 e. The third kappa shape index (κ3) is 2.24. The van der Waals surface area contributed by atoms with Crippen LogP contribution in [0.5, 0.6) is 0 Å². The number of nitrogens with zero attached hydrogens (tertiary/aromatic N) is 2. The summed E-state index contributed by atoms with van der Waals surface area (Å²) in [6, 6.07) is 0. The van der Waals surface area contributed by atoms with Crippen molar-refractivity contribution in [1.29, 1.82) is 0 Å². The lowest BCUT2D eigenvalue weighted by Gasteiger charge is -2.01. The van der Waals surface area contributed by atoms with Crippen LogP contribution in [0.1, 0.15) is 12.8 Å². The molecule has 72 valence electrons. The monoisotopic (exact) mass is 192 g/mol. The van der Waals surface area contributed by atoms with Crippen molar-refractivity contribution in [2.24, 2.45) is 0 Å². The van der Waals surface area contributed by atoms with Gasteiger partial charge in [0, 0.05) is 12.0 Å². The molecule has 0 heterocycles. The van der Waals surface area contributed by atoms with E-state index in [1.165, 1.54) is 12.2 Å². The molecule has 1 rings (SSSR count). The summed E-state index contributed by atoms with van der Waals surface area (Å²) >= 11 is 0. The first-order chi connectivity index (χ1) is 6.65. The van der Waals surface area contributed by atoms with E-state index < -0.39 is 11.8 Å². The fraction of sp³-hybridized carbons (Fsp3) is 0.222. The second kappa shape index (κ2) is 4.30. The van der Waals surface area contributed by atoms with E-state index in [9.17, 15) is 9.59 Å². The molecule has 1 N–H and O–H groups in total. The van der Waals surface area contributed by atoms with Crippen molar-refractivity contribution in [3.8, 4) is 0 Å². The van der Waals surface area contributed by atoms with Crippen molar-refractivity contribution in [2.75, 3.05) is 0 Å². The number of allylic oxidation sites excluding steroid dienone is 4. The summed E-state index contributed by atoms with van der Waals surface area (Å²) in [5.41, 5.74) is 8.91. The Morgan fingerprint density at radius 3 is 2.86 bits per heavy atom. The number of ketones is 1. The zero-order chi connectivity index (χ0) is 10.6. The third-order valence-corrected chi connectivity index (χ3v) is 1.79. The molecule has 1 aliphatic carbocycles. The van der Waals surface area contributed by atoms with Crippen LogP contribution in [0, 0.1) is 0 Å². The standard InChI is InChI=1S/C9H8N2O3/c10-11-9-6(4-5-8(13)14)2-1-3-7(9)12/h1-3H,4-5H2,(H,13,14). The van der Waals surface area contributed by atoms with Crippen molar-refractivity contribution >= 4 is 17.5 Å². The molecule has 5 nitrogen and oxygen atoms in total. The smallest absolute Gasteiger partial charge is 0.365 e. The average molecular weight is 192 g/mol. The number of carboxylic acids is 1. The lowest BCUT2D eigenvalue weighted by molar-refractivity contribution is -0.137. The van der Waals surface area contributed by atoms with Crippen LogP contribution in [0.25, 0.3) is 5.53 Å². The fourth-order valence-corrected chi connectivity index (χ4v) is 1.12. The number of carbonyl (C=O) groups is 2. The Kier molecular flexibility index (Phi) is 3.09. The zero-order valence-electron chi connectivity index (χ0n) is 7.30. The lowest BCUT2D eigenvalue weighted by Crippen LogP contribution is -2.18. The Morgan fingerprint density at radius 2 is 2.29 bits per heavy atom. The number of carboxylic acid groups (broad SMARTS) is 1. The predicted molar refractivity (Wildman–Crippen MR) is 47.7 cm³/mol. The van der Waals surface area contributed by atoms with Crippen molar-refractivity contribution in [3.63, 3.8) is 0 Å². The van der Waals surface area contributed by atoms with Gasteiger partial charge in [0.2, 0.25) is 0 Å². The van der Waals surface area contributed by atoms with E-state index in [-0.39, 0.29) is 18.6 Å². The van der Waals surface area contributed by atoms with Gasteiger partial charge in [-0.05, 0) is 12.5 Å². The van der Waals surface area contributed by atoms with E-state index >= 15 is 0 Å². The molecule has 1 aliphatic rings. The first-order valence-corrected chi connectivity index (χ1v) is 4.01. The number of carbonyl (C=O) groups excluding carboxylic acids is 1. The topological polar surface area (TPSA) is 90.8 Å². The lowest BCUT2D eigenvalue weighted by atomic mass is 9.97. The van der Waals surface area contributed by atoms with Crippen LogP contribution in [0.15, 0.2) is 23.8 Å². The minimum atomic E-state index is -0.954. The molecule has 0 saturated carbocycles. The van der Waals surface area contributed by atoms with E-state index in [0.29, 0.717) is 5.57 Å². The molecule has 0 aromatic carbocycles. The highest BCUT2D eigenvalue weighted by atomic mass is 16.4. The van der Waals surface area contributed by atoms with Gasteiger partial charge in [-0.15, -0.1) is 0 Å². The maximum atomic E-state index is 11.1. The number of rotatable bonds is 3. The van der Waals surface area contributed by atoms with E-state index in [1.54, 1.807) is 6.08 Å². The zero-order valence-corrected chi connectivity index (χ0v) is 7.30. The molecule has 0 fully saturated rings. The number of hydrogen-bond donors (Lipinski definition) is 1. The predicted octanol–water partition coefficient (Wildman–Crippen LogP) is 0.587. The molecule has 0 saturated heterocycles. The first-order valence-electron chi connectivity index (χ1n) is 4.01. The van der Waals surface area contributed by atoms with Crippen molar-refractivity contribution in [2.45, 2.75) is 12.8 Å². The fourth-order valence-electron chi connectivity index (χ4n) is 1.12. The van der Waals surface area contributed by atoms with Crippen molar-refractivity contribution in [3.05, 3.63) is 29.3 Å². The molecule has 0 unspecified atom stereocenters. The molecule has 0 atom stereocenters. The summed E-state index contributed by atoms with van der Waals surface area (Å²) in [5, 5.41) is 8.44. The van der Waals surface area contributed by atoms with Crippen LogP contribution >= 0.6 is 0 Å². The van der Waals surface area contributed by atoms with Gasteiger partial charge in [-0.1, -0.05) is 12.2 Å². The third-order valence-electron chi connectivity index (χ3n) is 1.79. The van der Waals surface area contributed by atoms with Gasteiger partial charge in [0.25, 0.3) is 5.78 Å². The highest BCUT2D eigenvalue weighted by molar-refractivity contribution is 6.48. The Hall–Kier alpha value is -2.00. The summed E-state index contributed by atoms with van der Waals surface area (Å²) in [5.74, 6) is -1.36. The van der Waals surface area contributed by atoms with Crippen LogP contribution < -0.4 is 0 Å². The Labute approximate surface area is 80.0 Å². The molecule has 0 spiro atoms. The summed E-state index contributed by atoms with van der Waals surface area (Å²) < 4.78 is 0. The van der Waals surface area contributed by atoms with Crippen molar-refractivity contribution in [1.82, 2.24) is 0 Å². The molecule has 0 aromatic heterocycles. The van der Waals surface area contributed by atoms with Gasteiger partial charge in [0.1, 0.15) is 0 Å². The first kappa shape index (κ1) is 10.1.